The SMILES string of the molecule is COc1cc(C=CC(=O)O[C@H]2[C@H](OC[C@H]3O[C@@H](Oc4c(-c5ccc(O)c(O)c5)oc5cc(O)cc(O)c5c4=O)[C@H](O)[C@@H](O)[C@@H]3O)OC[C@@H](O)[C@@H]2O)ccc1O. The fourth-order valence-corrected chi connectivity index (χ4v) is 5.86. The van der Waals surface area contributed by atoms with E-state index in [1.54, 1.807) is 0 Å². The molecule has 0 amide bonds. The van der Waals surface area contributed by atoms with Crippen LogP contribution in [-0.2, 0) is 23.7 Å². The first kappa shape index (κ1) is 39.1. The Morgan fingerprint density at radius 2 is 1.58 bits per heavy atom. The Morgan fingerprint density at radius 1 is 0.836 bits per heavy atom. The number of aromatic hydroxyl groups is 5. The molecule has 3 aromatic carbocycles. The Bertz CT molecular complexity index is 2130. The van der Waals surface area contributed by atoms with Gasteiger partial charge in [-0.15, -0.1) is 0 Å². The van der Waals surface area contributed by atoms with Crippen LogP contribution in [0, 0.1) is 0 Å². The van der Waals surface area contributed by atoms with E-state index in [1.165, 1.54) is 37.5 Å². The molecule has 10 N–H and O–H groups in total. The van der Waals surface area contributed by atoms with Gasteiger partial charge in [0.15, 0.2) is 41.2 Å². The van der Waals surface area contributed by atoms with Crippen molar-refractivity contribution in [2.75, 3.05) is 20.3 Å². The number of carbonyl (C=O) groups is 1. The van der Waals surface area contributed by atoms with Crippen LogP contribution in [0.1, 0.15) is 5.56 Å². The minimum atomic E-state index is -2.03. The van der Waals surface area contributed by atoms with Gasteiger partial charge in [0.05, 0.1) is 20.3 Å². The molecular weight excluding hydrogens is 736 g/mol. The molecule has 3 heterocycles. The van der Waals surface area contributed by atoms with Gasteiger partial charge in [-0.05, 0) is 42.0 Å². The Labute approximate surface area is 309 Å². The van der Waals surface area contributed by atoms with E-state index in [9.17, 15) is 60.7 Å². The highest BCUT2D eigenvalue weighted by Crippen LogP contribution is 2.39. The number of phenolic OH excluding ortho intramolecular Hbond substituents is 5. The van der Waals surface area contributed by atoms with E-state index < -0.39 is 120 Å². The van der Waals surface area contributed by atoms with Gasteiger partial charge in [-0.2, -0.15) is 0 Å². The largest absolute Gasteiger partial charge is 0.508 e. The highest BCUT2D eigenvalue weighted by molar-refractivity contribution is 5.89. The van der Waals surface area contributed by atoms with Crippen LogP contribution in [0.25, 0.3) is 28.4 Å². The van der Waals surface area contributed by atoms with Gasteiger partial charge >= 0.3 is 5.97 Å². The summed E-state index contributed by atoms with van der Waals surface area (Å²) < 4.78 is 38.7. The third kappa shape index (κ3) is 8.09. The van der Waals surface area contributed by atoms with Crippen LogP contribution in [0.15, 0.2) is 63.8 Å². The highest BCUT2D eigenvalue weighted by atomic mass is 16.7. The molecule has 0 bridgehead atoms. The lowest BCUT2D eigenvalue weighted by molar-refractivity contribution is -0.308. The van der Waals surface area contributed by atoms with E-state index in [2.05, 4.69) is 0 Å². The van der Waals surface area contributed by atoms with Crippen molar-refractivity contribution in [3.63, 3.8) is 0 Å². The zero-order chi connectivity index (χ0) is 39.7. The number of ether oxygens (including phenoxy) is 6. The zero-order valence-corrected chi connectivity index (χ0v) is 28.5. The molecule has 4 aromatic rings. The number of carbonyl (C=O) groups excluding carboxylic acids is 1. The van der Waals surface area contributed by atoms with Gasteiger partial charge in [0, 0.05) is 23.8 Å². The van der Waals surface area contributed by atoms with E-state index >= 15 is 0 Å². The predicted molar refractivity (Wildman–Crippen MR) is 183 cm³/mol. The number of rotatable bonds is 10. The monoisotopic (exact) mass is 772 g/mol. The second kappa shape index (κ2) is 16.0. The number of methoxy groups -OCH3 is 1. The van der Waals surface area contributed by atoms with E-state index in [0.717, 1.165) is 30.3 Å². The lowest BCUT2D eigenvalue weighted by atomic mass is 9.99. The van der Waals surface area contributed by atoms with Crippen LogP contribution in [-0.4, -0.2) is 133 Å². The lowest BCUT2D eigenvalue weighted by Crippen LogP contribution is -2.61. The second-order valence-corrected chi connectivity index (χ2v) is 12.5. The number of phenols is 5. The van der Waals surface area contributed by atoms with Gasteiger partial charge in [-0.25, -0.2) is 4.79 Å². The second-order valence-electron chi connectivity index (χ2n) is 12.5. The molecule has 0 aliphatic carbocycles. The van der Waals surface area contributed by atoms with Gasteiger partial charge < -0.3 is 83.9 Å². The molecule has 9 atom stereocenters. The predicted octanol–water partition coefficient (Wildman–Crippen LogP) is -0.0971. The number of aliphatic hydroxyl groups excluding tert-OH is 5. The van der Waals surface area contributed by atoms with E-state index in [4.69, 9.17) is 32.8 Å². The summed E-state index contributed by atoms with van der Waals surface area (Å²) in [4.78, 5) is 26.5. The quantitative estimate of drug-likeness (QED) is 0.0572. The van der Waals surface area contributed by atoms with Crippen LogP contribution in [0.4, 0.5) is 0 Å². The number of hydrogen-bond acceptors (Lipinski definition) is 19. The molecule has 19 nitrogen and oxygen atoms in total. The Morgan fingerprint density at radius 3 is 2.31 bits per heavy atom. The van der Waals surface area contributed by atoms with Crippen molar-refractivity contribution < 1.29 is 88.7 Å². The smallest absolute Gasteiger partial charge is 0.331 e. The van der Waals surface area contributed by atoms with Gasteiger partial charge in [0.25, 0.3) is 0 Å². The summed E-state index contributed by atoms with van der Waals surface area (Å²) in [6.45, 7) is -1.16. The van der Waals surface area contributed by atoms with E-state index in [0.29, 0.717) is 5.56 Å². The molecule has 1 aromatic heterocycles. The lowest BCUT2D eigenvalue weighted by Gasteiger charge is -2.41. The third-order valence-corrected chi connectivity index (χ3v) is 8.78. The molecule has 0 spiro atoms. The highest BCUT2D eigenvalue weighted by Gasteiger charge is 2.48. The molecule has 2 fully saturated rings. The van der Waals surface area contributed by atoms with Crippen molar-refractivity contribution >= 4 is 23.0 Å². The molecule has 2 aliphatic rings. The number of esters is 1. The van der Waals surface area contributed by atoms with Gasteiger partial charge in [0.2, 0.25) is 17.5 Å². The average Bonchev–Trinajstić information content (AvgIpc) is 3.15. The number of aliphatic hydroxyl groups is 5. The van der Waals surface area contributed by atoms with Crippen LogP contribution in [0.2, 0.25) is 0 Å². The van der Waals surface area contributed by atoms with Crippen molar-refractivity contribution in [2.24, 2.45) is 0 Å². The van der Waals surface area contributed by atoms with Crippen molar-refractivity contribution in [1.29, 1.82) is 0 Å². The van der Waals surface area contributed by atoms with Crippen LogP contribution in [0.5, 0.6) is 40.2 Å². The standard InChI is InChI=1S/C36H36O19/c1-49-22-8-14(2-5-18(22)39)3-7-25(43)54-34-27(44)21(42)12-50-36(34)51-13-24-28(45)30(47)31(48)35(53-24)55-33-29(46)26-20(41)10-16(37)11-23(26)52-32(33)15-4-6-17(38)19(40)9-15/h2-11,21,24,27-28,30-31,34-42,44-45,47-48H,12-13H2,1H3/t21-,24-,27+,28-,30+,31-,34-,35+,36+/m1/s1. The molecule has 0 unspecified atom stereocenters. The number of hydrogen-bond donors (Lipinski definition) is 10. The maximum Gasteiger partial charge on any atom is 0.331 e. The summed E-state index contributed by atoms with van der Waals surface area (Å²) in [7, 11) is 1.34. The van der Waals surface area contributed by atoms with Crippen LogP contribution < -0.4 is 14.9 Å². The summed E-state index contributed by atoms with van der Waals surface area (Å²) in [6, 6.07) is 9.41. The molecule has 0 saturated carbocycles. The first-order chi connectivity index (χ1) is 26.2. The van der Waals surface area contributed by atoms with Crippen molar-refractivity contribution in [2.45, 2.75) is 55.3 Å². The number of benzene rings is 3. The first-order valence-corrected chi connectivity index (χ1v) is 16.4. The van der Waals surface area contributed by atoms with E-state index in [-0.39, 0.29) is 22.6 Å². The van der Waals surface area contributed by atoms with Crippen molar-refractivity contribution in [3.05, 3.63) is 70.4 Å². The molecule has 55 heavy (non-hydrogen) atoms. The fourth-order valence-electron chi connectivity index (χ4n) is 5.86. The van der Waals surface area contributed by atoms with Gasteiger partial charge in [-0.1, -0.05) is 6.07 Å². The Balaban J connectivity index is 1.22. The zero-order valence-electron chi connectivity index (χ0n) is 28.5. The molecule has 294 valence electrons. The summed E-state index contributed by atoms with van der Waals surface area (Å²) in [6.07, 6.45) is -13.6. The fraction of sp³-hybridized carbons (Fsp3) is 0.333. The Hall–Kier alpha value is -5.64. The topological polar surface area (TPSA) is 305 Å². The normalized spacial score (nSPS) is 26.9. The third-order valence-electron chi connectivity index (χ3n) is 8.78. The number of fused-ring (bicyclic) bond motifs is 1. The maximum absolute atomic E-state index is 13.8. The molecule has 2 aliphatic heterocycles. The van der Waals surface area contributed by atoms with Gasteiger partial charge in [0.1, 0.15) is 59.1 Å². The van der Waals surface area contributed by atoms with Crippen molar-refractivity contribution in [1.82, 2.24) is 0 Å². The van der Waals surface area contributed by atoms with E-state index in [1.807, 2.05) is 0 Å². The van der Waals surface area contributed by atoms with Gasteiger partial charge in [-0.3, -0.25) is 4.79 Å². The minimum Gasteiger partial charge on any atom is -0.508 e. The summed E-state index contributed by atoms with van der Waals surface area (Å²) in [5.74, 6) is -4.51. The molecule has 6 rings (SSSR count). The van der Waals surface area contributed by atoms with Crippen LogP contribution >= 0.6 is 0 Å². The summed E-state index contributed by atoms with van der Waals surface area (Å²) >= 11 is 0. The maximum atomic E-state index is 13.8. The average molecular weight is 773 g/mol. The molecule has 0 radical (unpaired) electrons. The summed E-state index contributed by atoms with van der Waals surface area (Å²) in [5.41, 5.74) is -1.01. The molecule has 2 saturated heterocycles. The first-order valence-electron chi connectivity index (χ1n) is 16.4. The van der Waals surface area contributed by atoms with Crippen LogP contribution in [0.3, 0.4) is 0 Å². The Kier molecular flexibility index (Phi) is 11.4. The molecule has 19 heteroatoms. The summed E-state index contributed by atoms with van der Waals surface area (Å²) in [5, 5.41) is 103. The van der Waals surface area contributed by atoms with Crippen molar-refractivity contribution in [3.8, 4) is 51.6 Å². The minimum absolute atomic E-state index is 0.0636. The molecular formula is C36H36O19.